The molecule has 0 atom stereocenters. The number of aliphatic imine (C=N–C) groups is 2. The lowest BCUT2D eigenvalue weighted by Crippen LogP contribution is -2.41. The highest BCUT2D eigenvalue weighted by molar-refractivity contribution is 6.62. The quantitative estimate of drug-likeness (QED) is 0.485. The molecular weight excluding hydrogens is 327 g/mol. The minimum absolute atomic E-state index is 0.371. The van der Waals surface area contributed by atoms with Crippen LogP contribution < -0.4 is 10.8 Å². The number of hydrogen-bond donors (Lipinski definition) is 1. The van der Waals surface area contributed by atoms with Gasteiger partial charge in [0.1, 0.15) is 11.7 Å². The van der Waals surface area contributed by atoms with Crippen molar-refractivity contribution in [1.82, 2.24) is 4.98 Å². The van der Waals surface area contributed by atoms with Crippen molar-refractivity contribution in [2.75, 3.05) is 11.9 Å². The van der Waals surface area contributed by atoms with Crippen LogP contribution in [0.1, 0.15) is 40.5 Å². The predicted molar refractivity (Wildman–Crippen MR) is 107 cm³/mol. The molecule has 2 heterocycles. The summed E-state index contributed by atoms with van der Waals surface area (Å²) in [5.74, 6) is 2.13. The first-order valence-electron chi connectivity index (χ1n) is 9.06. The zero-order valence-corrected chi connectivity index (χ0v) is 16.0. The van der Waals surface area contributed by atoms with Crippen LogP contribution in [0.5, 0.6) is 0 Å². The van der Waals surface area contributed by atoms with Crippen molar-refractivity contribution in [3.05, 3.63) is 30.6 Å². The molecule has 1 saturated carbocycles. The van der Waals surface area contributed by atoms with Gasteiger partial charge in [0.15, 0.2) is 0 Å². The molecule has 0 aromatic carbocycles. The maximum atomic E-state index is 6.12. The van der Waals surface area contributed by atoms with Crippen LogP contribution in [0.3, 0.4) is 0 Å². The maximum absolute atomic E-state index is 6.12. The summed E-state index contributed by atoms with van der Waals surface area (Å²) >= 11 is 0. The van der Waals surface area contributed by atoms with E-state index in [1.54, 1.807) is 18.5 Å². The minimum atomic E-state index is -0.416. The van der Waals surface area contributed by atoms with E-state index in [0.29, 0.717) is 11.7 Å². The van der Waals surface area contributed by atoms with E-state index in [1.165, 1.54) is 12.8 Å². The lowest BCUT2D eigenvalue weighted by atomic mass is 9.80. The SMILES string of the molecule is C=N/C=C\C(=NCC1CC1)Nc1cc(B2OC(C)(C)C(C)(C)O2)ccn1. The third-order valence-corrected chi connectivity index (χ3v) is 5.12. The first kappa shape index (κ1) is 18.8. The number of nitrogens with zero attached hydrogens (tertiary/aromatic N) is 3. The lowest BCUT2D eigenvalue weighted by molar-refractivity contribution is 0.00578. The van der Waals surface area contributed by atoms with Gasteiger partial charge in [-0.2, -0.15) is 0 Å². The molecule has 0 bridgehead atoms. The largest absolute Gasteiger partial charge is 0.495 e. The Hall–Kier alpha value is -1.99. The van der Waals surface area contributed by atoms with Crippen LogP contribution >= 0.6 is 0 Å². The number of nitrogens with one attached hydrogen (secondary N) is 1. The van der Waals surface area contributed by atoms with Crippen LogP contribution in [0.4, 0.5) is 5.82 Å². The van der Waals surface area contributed by atoms with Gasteiger partial charge in [0.05, 0.1) is 11.2 Å². The Morgan fingerprint density at radius 1 is 1.35 bits per heavy atom. The molecule has 0 unspecified atom stereocenters. The molecular formula is C19H27BN4O2. The highest BCUT2D eigenvalue weighted by atomic mass is 16.7. The van der Waals surface area contributed by atoms with Gasteiger partial charge in [-0.25, -0.2) is 4.98 Å². The average molecular weight is 354 g/mol. The van der Waals surface area contributed by atoms with Gasteiger partial charge in [-0.05, 0) is 76.8 Å². The monoisotopic (exact) mass is 354 g/mol. The second-order valence-electron chi connectivity index (χ2n) is 7.86. The summed E-state index contributed by atoms with van der Waals surface area (Å²) in [4.78, 5) is 12.8. The van der Waals surface area contributed by atoms with Crippen molar-refractivity contribution >= 4 is 31.0 Å². The summed E-state index contributed by atoms with van der Waals surface area (Å²) < 4.78 is 12.2. The molecule has 26 heavy (non-hydrogen) atoms. The molecule has 0 radical (unpaired) electrons. The van der Waals surface area contributed by atoms with E-state index in [2.05, 4.69) is 27.0 Å². The molecule has 3 rings (SSSR count). The molecule has 1 aromatic heterocycles. The first-order valence-corrected chi connectivity index (χ1v) is 9.06. The van der Waals surface area contributed by atoms with Crippen molar-refractivity contribution < 1.29 is 9.31 Å². The summed E-state index contributed by atoms with van der Waals surface area (Å²) in [5, 5.41) is 3.26. The summed E-state index contributed by atoms with van der Waals surface area (Å²) in [6.45, 7) is 12.5. The van der Waals surface area contributed by atoms with Crippen LogP contribution in [0.25, 0.3) is 0 Å². The molecule has 0 amide bonds. The van der Waals surface area contributed by atoms with Crippen molar-refractivity contribution in [3.8, 4) is 0 Å². The van der Waals surface area contributed by atoms with Crippen LogP contribution in [-0.4, -0.2) is 42.4 Å². The number of rotatable bonds is 6. The van der Waals surface area contributed by atoms with Gasteiger partial charge in [-0.15, -0.1) is 0 Å². The maximum Gasteiger partial charge on any atom is 0.495 e. The summed E-state index contributed by atoms with van der Waals surface area (Å²) in [6.07, 6.45) is 7.69. The van der Waals surface area contributed by atoms with Crippen molar-refractivity contribution in [3.63, 3.8) is 0 Å². The molecule has 1 N–H and O–H groups in total. The summed E-state index contributed by atoms with van der Waals surface area (Å²) in [7, 11) is -0.416. The van der Waals surface area contributed by atoms with Gasteiger partial charge in [0.2, 0.25) is 0 Å². The van der Waals surface area contributed by atoms with E-state index < -0.39 is 7.12 Å². The molecule has 1 saturated heterocycles. The number of amidine groups is 1. The van der Waals surface area contributed by atoms with Gasteiger partial charge in [-0.1, -0.05) is 0 Å². The van der Waals surface area contributed by atoms with Gasteiger partial charge in [0.25, 0.3) is 0 Å². The van der Waals surface area contributed by atoms with Crippen LogP contribution in [0, 0.1) is 5.92 Å². The van der Waals surface area contributed by atoms with E-state index in [0.717, 1.165) is 17.8 Å². The molecule has 1 aliphatic carbocycles. The summed E-state index contributed by atoms with van der Waals surface area (Å²) in [6, 6.07) is 3.85. The second-order valence-corrected chi connectivity index (χ2v) is 7.86. The van der Waals surface area contributed by atoms with E-state index in [9.17, 15) is 0 Å². The third kappa shape index (κ3) is 4.40. The molecule has 0 spiro atoms. The van der Waals surface area contributed by atoms with Crippen LogP contribution in [0.2, 0.25) is 0 Å². The molecule has 7 heteroatoms. The fourth-order valence-electron chi connectivity index (χ4n) is 2.56. The van der Waals surface area contributed by atoms with E-state index in [-0.39, 0.29) is 11.2 Å². The number of aromatic nitrogens is 1. The minimum Gasteiger partial charge on any atom is -0.399 e. The number of hydrogen-bond acceptors (Lipinski definition) is 5. The van der Waals surface area contributed by atoms with Crippen LogP contribution in [-0.2, 0) is 9.31 Å². The fourth-order valence-corrected chi connectivity index (χ4v) is 2.56. The highest BCUT2D eigenvalue weighted by Gasteiger charge is 2.51. The van der Waals surface area contributed by atoms with Gasteiger partial charge < -0.3 is 14.6 Å². The Bertz CT molecular complexity index is 710. The Morgan fingerprint density at radius 3 is 2.65 bits per heavy atom. The van der Waals surface area contributed by atoms with E-state index >= 15 is 0 Å². The molecule has 138 valence electrons. The van der Waals surface area contributed by atoms with Gasteiger partial charge >= 0.3 is 7.12 Å². The Kier molecular flexibility index (Phi) is 5.30. The third-order valence-electron chi connectivity index (χ3n) is 5.12. The molecule has 2 fully saturated rings. The Morgan fingerprint density at radius 2 is 2.04 bits per heavy atom. The predicted octanol–water partition coefficient (Wildman–Crippen LogP) is 2.82. The molecule has 1 aromatic rings. The Labute approximate surface area is 156 Å². The van der Waals surface area contributed by atoms with Crippen molar-refractivity contribution in [2.24, 2.45) is 15.9 Å². The van der Waals surface area contributed by atoms with E-state index in [1.807, 2.05) is 39.8 Å². The second kappa shape index (κ2) is 7.33. The average Bonchev–Trinajstić information content (AvgIpc) is 3.37. The lowest BCUT2D eigenvalue weighted by Gasteiger charge is -2.32. The molecule has 1 aliphatic heterocycles. The zero-order chi connectivity index (χ0) is 18.8. The van der Waals surface area contributed by atoms with Crippen molar-refractivity contribution in [1.29, 1.82) is 0 Å². The smallest absolute Gasteiger partial charge is 0.399 e. The van der Waals surface area contributed by atoms with Gasteiger partial charge in [-0.3, -0.25) is 9.98 Å². The first-order chi connectivity index (χ1) is 12.3. The standard InChI is InChI=1S/C19H27BN4O2/c1-18(2)19(3,4)26-20(25-18)15-8-11-22-17(12-15)24-16(9-10-21-5)23-13-14-6-7-14/h8-12,14H,5-7,13H2,1-4H3,(H,22,23,24)/b10-9-. The summed E-state index contributed by atoms with van der Waals surface area (Å²) in [5.41, 5.74) is 0.182. The van der Waals surface area contributed by atoms with E-state index in [4.69, 9.17) is 9.31 Å². The van der Waals surface area contributed by atoms with Gasteiger partial charge in [0, 0.05) is 18.9 Å². The van der Waals surface area contributed by atoms with Crippen LogP contribution in [0.15, 0.2) is 40.6 Å². The number of pyridine rings is 1. The van der Waals surface area contributed by atoms with Crippen molar-refractivity contribution in [2.45, 2.75) is 51.7 Å². The molecule has 2 aliphatic rings. The number of anilines is 1. The topological polar surface area (TPSA) is 68.1 Å². The molecule has 6 nitrogen and oxygen atoms in total. The normalized spacial score (nSPS) is 22.0. The Balaban J connectivity index is 1.75. The highest BCUT2D eigenvalue weighted by Crippen LogP contribution is 2.36. The zero-order valence-electron chi connectivity index (χ0n) is 16.0. The fraction of sp³-hybridized carbons (Fsp3) is 0.526.